The molecule has 2 rings (SSSR count). The fourth-order valence-corrected chi connectivity index (χ4v) is 2.01. The Morgan fingerprint density at radius 1 is 1.37 bits per heavy atom. The van der Waals surface area contributed by atoms with E-state index >= 15 is 0 Å². The minimum Gasteiger partial charge on any atom is -0.497 e. The summed E-state index contributed by atoms with van der Waals surface area (Å²) in [5, 5.41) is 0.766. The first-order valence-corrected chi connectivity index (χ1v) is 5.96. The topological polar surface area (TPSA) is 68.4 Å². The summed E-state index contributed by atoms with van der Waals surface area (Å²) < 4.78 is 10.1. The number of aryl methyl sites for hydroxylation is 1. The predicted octanol–water partition coefficient (Wildman–Crippen LogP) is 2.02. The van der Waals surface area contributed by atoms with E-state index in [-0.39, 0.29) is 12.2 Å². The molecule has 0 aliphatic rings. The number of hydrogen-bond acceptors (Lipinski definition) is 4. The number of carbonyl (C=O) groups excluding carboxylic acids is 1. The number of H-pyrrole nitrogens is 1. The van der Waals surface area contributed by atoms with Crippen molar-refractivity contribution in [3.8, 4) is 5.75 Å². The maximum absolute atomic E-state index is 11.9. The van der Waals surface area contributed by atoms with Crippen LogP contribution in [0.15, 0.2) is 23.0 Å². The van der Waals surface area contributed by atoms with Crippen molar-refractivity contribution in [3.63, 3.8) is 0 Å². The Hall–Kier alpha value is -2.30. The van der Waals surface area contributed by atoms with Crippen molar-refractivity contribution in [1.29, 1.82) is 0 Å². The lowest BCUT2D eigenvalue weighted by Gasteiger charge is -2.09. The summed E-state index contributed by atoms with van der Waals surface area (Å²) in [5.74, 6) is 0.0587. The molecule has 1 aromatic heterocycles. The average molecular weight is 261 g/mol. The number of fused-ring (bicyclic) bond motifs is 1. The van der Waals surface area contributed by atoms with Gasteiger partial charge in [0.1, 0.15) is 11.3 Å². The predicted molar refractivity (Wildman–Crippen MR) is 71.8 cm³/mol. The first-order chi connectivity index (χ1) is 9.08. The summed E-state index contributed by atoms with van der Waals surface area (Å²) >= 11 is 0. The van der Waals surface area contributed by atoms with Gasteiger partial charge in [0.2, 0.25) is 0 Å². The fraction of sp³-hybridized carbons (Fsp3) is 0.286. The number of ether oxygens (including phenoxy) is 2. The molecule has 19 heavy (non-hydrogen) atoms. The SMILES string of the molecule is CCOC(=O)c1c(C)c2cc(OC)ccc2[nH]c1=O. The molecular weight excluding hydrogens is 246 g/mol. The summed E-state index contributed by atoms with van der Waals surface area (Å²) in [6.07, 6.45) is 0. The molecule has 0 saturated carbocycles. The molecule has 0 aliphatic carbocycles. The Morgan fingerprint density at radius 2 is 2.11 bits per heavy atom. The van der Waals surface area contributed by atoms with Crippen molar-refractivity contribution in [2.24, 2.45) is 0 Å². The fourth-order valence-electron chi connectivity index (χ4n) is 2.01. The Bertz CT molecular complexity index is 688. The van der Waals surface area contributed by atoms with Crippen LogP contribution in [-0.4, -0.2) is 24.7 Å². The number of nitrogens with one attached hydrogen (secondary N) is 1. The number of hydrogen-bond donors (Lipinski definition) is 1. The molecule has 0 spiro atoms. The van der Waals surface area contributed by atoms with E-state index in [1.807, 2.05) is 0 Å². The number of carbonyl (C=O) groups is 1. The normalized spacial score (nSPS) is 10.5. The molecule has 0 aliphatic heterocycles. The van der Waals surface area contributed by atoms with Crippen molar-refractivity contribution in [2.45, 2.75) is 13.8 Å². The van der Waals surface area contributed by atoms with Gasteiger partial charge in [0.15, 0.2) is 0 Å². The number of aromatic amines is 1. The van der Waals surface area contributed by atoms with Gasteiger partial charge in [-0.15, -0.1) is 0 Å². The van der Waals surface area contributed by atoms with Gasteiger partial charge in [-0.1, -0.05) is 0 Å². The molecule has 0 bridgehead atoms. The third kappa shape index (κ3) is 2.31. The van der Waals surface area contributed by atoms with E-state index in [9.17, 15) is 9.59 Å². The van der Waals surface area contributed by atoms with Crippen molar-refractivity contribution in [1.82, 2.24) is 4.98 Å². The lowest BCUT2D eigenvalue weighted by Crippen LogP contribution is -2.21. The summed E-state index contributed by atoms with van der Waals surface area (Å²) in [6.45, 7) is 3.66. The largest absolute Gasteiger partial charge is 0.497 e. The van der Waals surface area contributed by atoms with Crippen LogP contribution in [0.2, 0.25) is 0 Å². The maximum atomic E-state index is 11.9. The van der Waals surface area contributed by atoms with Gasteiger partial charge in [0.05, 0.1) is 13.7 Å². The molecule has 0 fully saturated rings. The zero-order chi connectivity index (χ0) is 14.0. The molecule has 0 saturated heterocycles. The zero-order valence-electron chi connectivity index (χ0n) is 11.1. The summed E-state index contributed by atoms with van der Waals surface area (Å²) in [4.78, 5) is 26.4. The van der Waals surface area contributed by atoms with Crippen LogP contribution in [0.5, 0.6) is 5.75 Å². The smallest absolute Gasteiger partial charge is 0.344 e. The van der Waals surface area contributed by atoms with Crippen molar-refractivity contribution in [3.05, 3.63) is 39.7 Å². The minimum absolute atomic E-state index is 0.0441. The molecule has 1 aromatic carbocycles. The van der Waals surface area contributed by atoms with Gasteiger partial charge in [-0.05, 0) is 37.6 Å². The maximum Gasteiger partial charge on any atom is 0.344 e. The quantitative estimate of drug-likeness (QED) is 0.858. The first kappa shape index (κ1) is 13.1. The number of benzene rings is 1. The highest BCUT2D eigenvalue weighted by atomic mass is 16.5. The van der Waals surface area contributed by atoms with E-state index in [1.165, 1.54) is 0 Å². The number of aromatic nitrogens is 1. The van der Waals surface area contributed by atoms with E-state index in [0.29, 0.717) is 16.8 Å². The minimum atomic E-state index is -0.606. The molecule has 0 unspecified atom stereocenters. The van der Waals surface area contributed by atoms with Gasteiger partial charge in [-0.3, -0.25) is 4.79 Å². The lowest BCUT2D eigenvalue weighted by atomic mass is 10.0. The van der Waals surface area contributed by atoms with Gasteiger partial charge in [-0.25, -0.2) is 4.79 Å². The lowest BCUT2D eigenvalue weighted by molar-refractivity contribution is 0.0523. The highest BCUT2D eigenvalue weighted by Gasteiger charge is 2.17. The number of esters is 1. The molecular formula is C14H15NO4. The van der Waals surface area contributed by atoms with Crippen molar-refractivity contribution >= 4 is 16.9 Å². The molecule has 0 amide bonds. The molecule has 1 N–H and O–H groups in total. The van der Waals surface area contributed by atoms with Crippen LogP contribution in [0.25, 0.3) is 10.9 Å². The molecule has 5 heteroatoms. The Kier molecular flexibility index (Phi) is 3.55. The summed E-state index contributed by atoms with van der Waals surface area (Å²) in [6, 6.07) is 5.28. The second-order valence-corrected chi connectivity index (χ2v) is 4.09. The summed E-state index contributed by atoms with van der Waals surface area (Å²) in [5.41, 5.74) is 0.865. The van der Waals surface area contributed by atoms with Crippen LogP contribution >= 0.6 is 0 Å². The van der Waals surface area contributed by atoms with Crippen LogP contribution in [0, 0.1) is 6.92 Å². The van der Waals surface area contributed by atoms with E-state index < -0.39 is 11.5 Å². The van der Waals surface area contributed by atoms with Gasteiger partial charge >= 0.3 is 5.97 Å². The van der Waals surface area contributed by atoms with E-state index in [0.717, 1.165) is 5.39 Å². The van der Waals surface area contributed by atoms with Crippen molar-refractivity contribution < 1.29 is 14.3 Å². The van der Waals surface area contributed by atoms with Crippen LogP contribution in [0.4, 0.5) is 0 Å². The number of pyridine rings is 1. The Balaban J connectivity index is 2.72. The number of rotatable bonds is 3. The van der Waals surface area contributed by atoms with E-state index in [4.69, 9.17) is 9.47 Å². The monoisotopic (exact) mass is 261 g/mol. The number of methoxy groups -OCH3 is 1. The van der Waals surface area contributed by atoms with Crippen LogP contribution in [0.3, 0.4) is 0 Å². The van der Waals surface area contributed by atoms with Gasteiger partial charge in [0.25, 0.3) is 5.56 Å². The highest BCUT2D eigenvalue weighted by molar-refractivity contribution is 5.97. The highest BCUT2D eigenvalue weighted by Crippen LogP contribution is 2.23. The van der Waals surface area contributed by atoms with E-state index in [1.54, 1.807) is 39.2 Å². The second-order valence-electron chi connectivity index (χ2n) is 4.09. The first-order valence-electron chi connectivity index (χ1n) is 5.96. The third-order valence-corrected chi connectivity index (χ3v) is 2.96. The van der Waals surface area contributed by atoms with Crippen LogP contribution in [-0.2, 0) is 4.74 Å². The molecule has 0 radical (unpaired) electrons. The standard InChI is InChI=1S/C14H15NO4/c1-4-19-14(17)12-8(2)10-7-9(18-3)5-6-11(10)15-13(12)16/h5-7H,4H2,1-3H3,(H,15,16). The average Bonchev–Trinajstić information content (AvgIpc) is 2.38. The summed E-state index contributed by atoms with van der Waals surface area (Å²) in [7, 11) is 1.56. The van der Waals surface area contributed by atoms with E-state index in [2.05, 4.69) is 4.98 Å². The second kappa shape index (κ2) is 5.14. The third-order valence-electron chi connectivity index (χ3n) is 2.96. The van der Waals surface area contributed by atoms with Crippen LogP contribution in [0.1, 0.15) is 22.8 Å². The molecule has 1 heterocycles. The Morgan fingerprint density at radius 3 is 2.74 bits per heavy atom. The Labute approximate surface area is 110 Å². The van der Waals surface area contributed by atoms with Gasteiger partial charge in [-0.2, -0.15) is 0 Å². The molecule has 0 atom stereocenters. The molecule has 5 nitrogen and oxygen atoms in total. The zero-order valence-corrected chi connectivity index (χ0v) is 11.1. The molecule has 100 valence electrons. The van der Waals surface area contributed by atoms with Crippen LogP contribution < -0.4 is 10.3 Å². The molecule has 2 aromatic rings. The van der Waals surface area contributed by atoms with Gasteiger partial charge < -0.3 is 14.5 Å². The van der Waals surface area contributed by atoms with Gasteiger partial charge in [0, 0.05) is 10.9 Å². The van der Waals surface area contributed by atoms with Crippen molar-refractivity contribution in [2.75, 3.05) is 13.7 Å².